The topological polar surface area (TPSA) is 59.2 Å². The second-order valence-corrected chi connectivity index (χ2v) is 9.28. The maximum Gasteiger partial charge on any atom is 0.223 e. The number of piperidine rings is 1. The van der Waals surface area contributed by atoms with E-state index in [9.17, 15) is 4.79 Å². The molecule has 3 rings (SSSR count). The minimum Gasteiger partial charge on any atom is -0.342 e. The lowest BCUT2D eigenvalue weighted by Gasteiger charge is -2.39. The standard InChI is InChI=1S/C20H33N3OS/c1-15(2)17-13-25-19(22-17)16-7-6-10-23(12-16)18(24)11-20(14-21)8-4-3-5-9-20/h13,15-16H,3-12,14,21H2,1-2H3. The smallest absolute Gasteiger partial charge is 0.223 e. The Bertz CT molecular complexity index is 577. The second kappa shape index (κ2) is 8.17. The van der Waals surface area contributed by atoms with E-state index in [0.717, 1.165) is 38.8 Å². The molecule has 1 saturated carbocycles. The fourth-order valence-electron chi connectivity index (χ4n) is 4.35. The van der Waals surface area contributed by atoms with Crippen LogP contribution in [-0.2, 0) is 4.79 Å². The van der Waals surface area contributed by atoms with Crippen LogP contribution < -0.4 is 5.73 Å². The summed E-state index contributed by atoms with van der Waals surface area (Å²) in [6, 6.07) is 0. The number of likely N-dealkylation sites (tertiary alicyclic amines) is 1. The van der Waals surface area contributed by atoms with Crippen LogP contribution in [0.5, 0.6) is 0 Å². The van der Waals surface area contributed by atoms with Gasteiger partial charge in [-0.1, -0.05) is 33.1 Å². The van der Waals surface area contributed by atoms with E-state index in [1.165, 1.54) is 30.0 Å². The van der Waals surface area contributed by atoms with Crippen LogP contribution in [0.25, 0.3) is 0 Å². The number of nitrogens with zero attached hydrogens (tertiary/aromatic N) is 2. The normalized spacial score (nSPS) is 23.8. The highest BCUT2D eigenvalue weighted by Gasteiger charge is 2.36. The Morgan fingerprint density at radius 1 is 1.36 bits per heavy atom. The Kier molecular flexibility index (Phi) is 6.16. The molecular formula is C20H33N3OS. The molecule has 140 valence electrons. The summed E-state index contributed by atoms with van der Waals surface area (Å²) in [5, 5.41) is 3.40. The predicted molar refractivity (Wildman–Crippen MR) is 104 cm³/mol. The Labute approximate surface area is 156 Å². The average Bonchev–Trinajstić information content (AvgIpc) is 3.13. The summed E-state index contributed by atoms with van der Waals surface area (Å²) < 4.78 is 0. The highest BCUT2D eigenvalue weighted by atomic mass is 32.1. The second-order valence-electron chi connectivity index (χ2n) is 8.39. The van der Waals surface area contributed by atoms with Crippen LogP contribution in [0.1, 0.15) is 87.8 Å². The van der Waals surface area contributed by atoms with E-state index in [1.807, 2.05) is 0 Å². The average molecular weight is 364 g/mol. The van der Waals surface area contributed by atoms with Crippen molar-refractivity contribution < 1.29 is 4.79 Å². The van der Waals surface area contributed by atoms with Crippen molar-refractivity contribution in [3.05, 3.63) is 16.1 Å². The van der Waals surface area contributed by atoms with Crippen molar-refractivity contribution in [2.24, 2.45) is 11.1 Å². The van der Waals surface area contributed by atoms with E-state index >= 15 is 0 Å². The lowest BCUT2D eigenvalue weighted by Crippen LogP contribution is -2.44. The maximum atomic E-state index is 13.0. The first-order chi connectivity index (χ1) is 12.0. The van der Waals surface area contributed by atoms with E-state index in [-0.39, 0.29) is 5.41 Å². The van der Waals surface area contributed by atoms with Crippen LogP contribution in [0.2, 0.25) is 0 Å². The van der Waals surface area contributed by atoms with Gasteiger partial charge < -0.3 is 10.6 Å². The lowest BCUT2D eigenvalue weighted by molar-refractivity contribution is -0.135. The zero-order valence-corrected chi connectivity index (χ0v) is 16.6. The molecule has 1 amide bonds. The summed E-state index contributed by atoms with van der Waals surface area (Å²) in [7, 11) is 0. The summed E-state index contributed by atoms with van der Waals surface area (Å²) in [6.45, 7) is 6.76. The van der Waals surface area contributed by atoms with Crippen LogP contribution in [0.15, 0.2) is 5.38 Å². The van der Waals surface area contributed by atoms with Gasteiger partial charge in [0.15, 0.2) is 0 Å². The number of thiazole rings is 1. The highest BCUT2D eigenvalue weighted by molar-refractivity contribution is 7.09. The van der Waals surface area contributed by atoms with Gasteiger partial charge >= 0.3 is 0 Å². The molecule has 1 aromatic heterocycles. The zero-order chi connectivity index (χ0) is 17.9. The Morgan fingerprint density at radius 2 is 2.12 bits per heavy atom. The summed E-state index contributed by atoms with van der Waals surface area (Å²) in [5.74, 6) is 1.20. The van der Waals surface area contributed by atoms with Gasteiger partial charge in [0.25, 0.3) is 0 Å². The first-order valence-electron chi connectivity index (χ1n) is 9.96. The third kappa shape index (κ3) is 4.43. The largest absolute Gasteiger partial charge is 0.342 e. The van der Waals surface area contributed by atoms with E-state index in [2.05, 4.69) is 24.1 Å². The minimum absolute atomic E-state index is 0.0638. The third-order valence-electron chi connectivity index (χ3n) is 6.13. The van der Waals surface area contributed by atoms with Gasteiger partial charge in [0.05, 0.1) is 10.7 Å². The molecule has 0 spiro atoms. The summed E-state index contributed by atoms with van der Waals surface area (Å²) in [5.41, 5.74) is 7.34. The van der Waals surface area contributed by atoms with Gasteiger partial charge in [-0.3, -0.25) is 4.79 Å². The molecule has 1 aromatic rings. The van der Waals surface area contributed by atoms with Gasteiger partial charge in [-0.15, -0.1) is 11.3 Å². The molecule has 2 aliphatic rings. The van der Waals surface area contributed by atoms with E-state index in [4.69, 9.17) is 10.7 Å². The molecule has 2 N–H and O–H groups in total. The van der Waals surface area contributed by atoms with Crippen molar-refractivity contribution in [2.45, 2.75) is 77.0 Å². The van der Waals surface area contributed by atoms with E-state index in [1.54, 1.807) is 11.3 Å². The Morgan fingerprint density at radius 3 is 2.76 bits per heavy atom. The molecule has 1 saturated heterocycles. The van der Waals surface area contributed by atoms with Crippen LogP contribution in [0.4, 0.5) is 0 Å². The molecule has 0 aromatic carbocycles. The zero-order valence-electron chi connectivity index (χ0n) is 15.8. The van der Waals surface area contributed by atoms with Crippen molar-refractivity contribution in [2.75, 3.05) is 19.6 Å². The van der Waals surface area contributed by atoms with Gasteiger partial charge in [0.2, 0.25) is 5.91 Å². The van der Waals surface area contributed by atoms with Gasteiger partial charge in [-0.25, -0.2) is 4.98 Å². The first-order valence-corrected chi connectivity index (χ1v) is 10.8. The molecule has 1 aliphatic carbocycles. The fourth-order valence-corrected chi connectivity index (χ4v) is 5.46. The number of carbonyl (C=O) groups excluding carboxylic acids is 1. The Balaban J connectivity index is 1.62. The quantitative estimate of drug-likeness (QED) is 0.850. The van der Waals surface area contributed by atoms with Crippen molar-refractivity contribution in [1.82, 2.24) is 9.88 Å². The van der Waals surface area contributed by atoms with E-state index in [0.29, 0.717) is 30.7 Å². The van der Waals surface area contributed by atoms with Crippen molar-refractivity contribution >= 4 is 17.2 Å². The Hall–Kier alpha value is -0.940. The van der Waals surface area contributed by atoms with Gasteiger partial charge in [0.1, 0.15) is 0 Å². The fraction of sp³-hybridized carbons (Fsp3) is 0.800. The molecule has 2 fully saturated rings. The van der Waals surface area contributed by atoms with Crippen LogP contribution in [0, 0.1) is 5.41 Å². The van der Waals surface area contributed by atoms with Gasteiger partial charge in [-0.2, -0.15) is 0 Å². The molecule has 2 heterocycles. The number of aromatic nitrogens is 1. The molecule has 1 atom stereocenters. The number of rotatable bonds is 5. The maximum absolute atomic E-state index is 13.0. The molecule has 1 aliphatic heterocycles. The van der Waals surface area contributed by atoms with Crippen molar-refractivity contribution in [1.29, 1.82) is 0 Å². The number of nitrogens with two attached hydrogens (primary N) is 1. The van der Waals surface area contributed by atoms with Crippen LogP contribution in [0.3, 0.4) is 0 Å². The number of carbonyl (C=O) groups is 1. The molecule has 25 heavy (non-hydrogen) atoms. The highest BCUT2D eigenvalue weighted by Crippen LogP contribution is 2.39. The molecule has 0 bridgehead atoms. The molecule has 0 radical (unpaired) electrons. The monoisotopic (exact) mass is 363 g/mol. The SMILES string of the molecule is CC(C)c1csc(C2CCCN(C(=O)CC3(CN)CCCCC3)C2)n1. The predicted octanol–water partition coefficient (Wildman–Crippen LogP) is 4.27. The number of amides is 1. The molecule has 5 heteroatoms. The number of hydrogen-bond donors (Lipinski definition) is 1. The van der Waals surface area contributed by atoms with Crippen molar-refractivity contribution in [3.63, 3.8) is 0 Å². The van der Waals surface area contributed by atoms with Gasteiger partial charge in [-0.05, 0) is 43.6 Å². The minimum atomic E-state index is 0.0638. The van der Waals surface area contributed by atoms with Crippen LogP contribution >= 0.6 is 11.3 Å². The summed E-state index contributed by atoms with van der Waals surface area (Å²) in [4.78, 5) is 19.9. The molecule has 4 nitrogen and oxygen atoms in total. The third-order valence-corrected chi connectivity index (χ3v) is 7.15. The van der Waals surface area contributed by atoms with Crippen LogP contribution in [-0.4, -0.2) is 35.4 Å². The summed E-state index contributed by atoms with van der Waals surface area (Å²) >= 11 is 1.77. The van der Waals surface area contributed by atoms with Crippen molar-refractivity contribution in [3.8, 4) is 0 Å². The van der Waals surface area contributed by atoms with E-state index < -0.39 is 0 Å². The van der Waals surface area contributed by atoms with Gasteiger partial charge in [0, 0.05) is 30.8 Å². The molecular weight excluding hydrogens is 330 g/mol. The summed E-state index contributed by atoms with van der Waals surface area (Å²) in [6.07, 6.45) is 8.87. The number of hydrogen-bond acceptors (Lipinski definition) is 4. The first kappa shape index (κ1) is 18.8. The molecule has 1 unspecified atom stereocenters. The lowest BCUT2D eigenvalue weighted by atomic mass is 9.71.